The molecule has 6 heteroatoms. The van der Waals surface area contributed by atoms with Gasteiger partial charge in [0.15, 0.2) is 0 Å². The van der Waals surface area contributed by atoms with Crippen LogP contribution >= 0.6 is 0 Å². The van der Waals surface area contributed by atoms with Gasteiger partial charge in [-0.1, -0.05) is 18.2 Å². The van der Waals surface area contributed by atoms with Crippen molar-refractivity contribution < 1.29 is 9.53 Å². The molecule has 1 N–H and O–H groups in total. The minimum Gasteiger partial charge on any atom is -0.466 e. The Morgan fingerprint density at radius 2 is 2.15 bits per heavy atom. The van der Waals surface area contributed by atoms with Gasteiger partial charge in [0.25, 0.3) is 0 Å². The predicted octanol–water partition coefficient (Wildman–Crippen LogP) is 1.31. The van der Waals surface area contributed by atoms with Crippen LogP contribution in [0.25, 0.3) is 5.69 Å². The van der Waals surface area contributed by atoms with E-state index in [1.54, 1.807) is 17.9 Å². The number of aromatic nitrogens is 3. The van der Waals surface area contributed by atoms with E-state index in [1.807, 2.05) is 30.3 Å². The molecule has 0 bridgehead atoms. The second-order valence-electron chi connectivity index (χ2n) is 4.19. The number of esters is 1. The Hall–Kier alpha value is -2.21. The molecule has 0 amide bonds. The van der Waals surface area contributed by atoms with E-state index in [9.17, 15) is 4.79 Å². The summed E-state index contributed by atoms with van der Waals surface area (Å²) in [6.07, 6.45) is 2.07. The van der Waals surface area contributed by atoms with Crippen LogP contribution in [0.1, 0.15) is 19.0 Å². The summed E-state index contributed by atoms with van der Waals surface area (Å²) in [5.41, 5.74) is 1.75. The minimum absolute atomic E-state index is 0.187. The molecule has 0 radical (unpaired) electrons. The molecule has 2 aromatic rings. The van der Waals surface area contributed by atoms with Crippen molar-refractivity contribution in [1.82, 2.24) is 20.3 Å². The zero-order valence-corrected chi connectivity index (χ0v) is 11.5. The summed E-state index contributed by atoms with van der Waals surface area (Å²) in [7, 11) is 0. The number of nitrogens with zero attached hydrogens (tertiary/aromatic N) is 3. The Morgan fingerprint density at radius 1 is 1.35 bits per heavy atom. The molecule has 0 aliphatic rings. The molecule has 0 atom stereocenters. The predicted molar refractivity (Wildman–Crippen MR) is 74.3 cm³/mol. The first-order valence-electron chi connectivity index (χ1n) is 6.62. The number of para-hydroxylation sites is 1. The molecule has 0 aliphatic heterocycles. The fraction of sp³-hybridized carbons (Fsp3) is 0.357. The molecule has 1 aromatic heterocycles. The second-order valence-corrected chi connectivity index (χ2v) is 4.19. The van der Waals surface area contributed by atoms with Gasteiger partial charge in [-0.05, 0) is 19.1 Å². The van der Waals surface area contributed by atoms with E-state index in [2.05, 4.69) is 15.5 Å². The van der Waals surface area contributed by atoms with Crippen LogP contribution in [0.15, 0.2) is 36.5 Å². The summed E-state index contributed by atoms with van der Waals surface area (Å²) in [6, 6.07) is 9.71. The topological polar surface area (TPSA) is 69.0 Å². The Labute approximate surface area is 117 Å². The molecule has 0 fully saturated rings. The molecule has 1 heterocycles. The molecule has 0 spiro atoms. The van der Waals surface area contributed by atoms with Crippen molar-refractivity contribution in [3.63, 3.8) is 0 Å². The van der Waals surface area contributed by atoms with Gasteiger partial charge in [-0.3, -0.25) is 4.79 Å². The first kappa shape index (κ1) is 14.2. The van der Waals surface area contributed by atoms with Gasteiger partial charge < -0.3 is 10.1 Å². The molecular formula is C14H18N4O2. The van der Waals surface area contributed by atoms with E-state index in [0.29, 0.717) is 26.1 Å². The van der Waals surface area contributed by atoms with E-state index in [0.717, 1.165) is 11.4 Å². The number of ether oxygens (including phenoxy) is 1. The van der Waals surface area contributed by atoms with Crippen molar-refractivity contribution in [3.05, 3.63) is 42.2 Å². The Kier molecular flexibility index (Phi) is 5.25. The smallest absolute Gasteiger partial charge is 0.307 e. The van der Waals surface area contributed by atoms with Gasteiger partial charge in [-0.2, -0.15) is 15.0 Å². The first-order chi connectivity index (χ1) is 9.79. The monoisotopic (exact) mass is 274 g/mol. The summed E-state index contributed by atoms with van der Waals surface area (Å²) in [5.74, 6) is -0.187. The highest BCUT2D eigenvalue weighted by molar-refractivity contribution is 5.69. The molecular weight excluding hydrogens is 256 g/mol. The van der Waals surface area contributed by atoms with E-state index in [4.69, 9.17) is 4.74 Å². The van der Waals surface area contributed by atoms with Gasteiger partial charge in [0.2, 0.25) is 0 Å². The maximum atomic E-state index is 11.1. The van der Waals surface area contributed by atoms with Crippen LogP contribution in [0.2, 0.25) is 0 Å². The summed E-state index contributed by atoms with van der Waals surface area (Å²) >= 11 is 0. The van der Waals surface area contributed by atoms with Crippen molar-refractivity contribution in [2.24, 2.45) is 0 Å². The first-order valence-corrected chi connectivity index (χ1v) is 6.62. The molecule has 6 nitrogen and oxygen atoms in total. The highest BCUT2D eigenvalue weighted by Crippen LogP contribution is 2.03. The molecule has 0 aliphatic carbocycles. The number of hydrogen-bond acceptors (Lipinski definition) is 5. The zero-order chi connectivity index (χ0) is 14.2. The quantitative estimate of drug-likeness (QED) is 0.609. The van der Waals surface area contributed by atoms with Crippen molar-refractivity contribution >= 4 is 5.97 Å². The average molecular weight is 274 g/mol. The summed E-state index contributed by atoms with van der Waals surface area (Å²) in [6.45, 7) is 3.36. The van der Waals surface area contributed by atoms with E-state index in [-0.39, 0.29) is 5.97 Å². The highest BCUT2D eigenvalue weighted by Gasteiger charge is 2.04. The summed E-state index contributed by atoms with van der Waals surface area (Å²) in [5, 5.41) is 11.7. The number of hydrogen-bond donors (Lipinski definition) is 1. The molecule has 1 aromatic carbocycles. The van der Waals surface area contributed by atoms with Crippen molar-refractivity contribution in [2.75, 3.05) is 13.2 Å². The lowest BCUT2D eigenvalue weighted by atomic mass is 10.3. The number of carbonyl (C=O) groups excluding carboxylic acids is 1. The normalized spacial score (nSPS) is 10.4. The number of nitrogens with one attached hydrogen (secondary N) is 1. The number of rotatable bonds is 7. The minimum atomic E-state index is -0.187. The Morgan fingerprint density at radius 3 is 2.90 bits per heavy atom. The summed E-state index contributed by atoms with van der Waals surface area (Å²) in [4.78, 5) is 12.7. The maximum absolute atomic E-state index is 11.1. The van der Waals surface area contributed by atoms with Crippen LogP contribution in [0.4, 0.5) is 0 Å². The van der Waals surface area contributed by atoms with Crippen LogP contribution in [0.3, 0.4) is 0 Å². The van der Waals surface area contributed by atoms with Crippen molar-refractivity contribution in [3.8, 4) is 5.69 Å². The lowest BCUT2D eigenvalue weighted by Crippen LogP contribution is -2.19. The lowest BCUT2D eigenvalue weighted by Gasteiger charge is -2.02. The van der Waals surface area contributed by atoms with Gasteiger partial charge in [-0.25, -0.2) is 0 Å². The molecule has 0 unspecified atom stereocenters. The van der Waals surface area contributed by atoms with Gasteiger partial charge in [0.05, 0.1) is 30.6 Å². The Bertz CT molecular complexity index is 539. The van der Waals surface area contributed by atoms with Crippen LogP contribution in [-0.2, 0) is 16.1 Å². The molecule has 20 heavy (non-hydrogen) atoms. The van der Waals surface area contributed by atoms with E-state index < -0.39 is 0 Å². The Balaban J connectivity index is 1.78. The molecule has 0 saturated heterocycles. The van der Waals surface area contributed by atoms with Crippen LogP contribution in [0.5, 0.6) is 0 Å². The second kappa shape index (κ2) is 7.40. The largest absolute Gasteiger partial charge is 0.466 e. The fourth-order valence-corrected chi connectivity index (χ4v) is 1.70. The average Bonchev–Trinajstić information content (AvgIpc) is 2.94. The molecule has 106 valence electrons. The van der Waals surface area contributed by atoms with Crippen molar-refractivity contribution in [1.29, 1.82) is 0 Å². The van der Waals surface area contributed by atoms with Crippen molar-refractivity contribution in [2.45, 2.75) is 19.9 Å². The van der Waals surface area contributed by atoms with E-state index >= 15 is 0 Å². The number of carbonyl (C=O) groups is 1. The van der Waals surface area contributed by atoms with Gasteiger partial charge in [0.1, 0.15) is 0 Å². The van der Waals surface area contributed by atoms with Crippen LogP contribution in [-0.4, -0.2) is 34.1 Å². The zero-order valence-electron chi connectivity index (χ0n) is 11.5. The fourth-order valence-electron chi connectivity index (χ4n) is 1.70. The van der Waals surface area contributed by atoms with Gasteiger partial charge in [-0.15, -0.1) is 0 Å². The molecule has 0 saturated carbocycles. The van der Waals surface area contributed by atoms with Crippen LogP contribution < -0.4 is 5.32 Å². The third-order valence-corrected chi connectivity index (χ3v) is 2.64. The molecule has 2 rings (SSSR count). The van der Waals surface area contributed by atoms with Gasteiger partial charge in [0, 0.05) is 13.1 Å². The third kappa shape index (κ3) is 4.17. The SMILES string of the molecule is CCOC(=O)CCNCc1cnn(-c2ccccc2)n1. The standard InChI is InChI=1S/C14H18N4O2/c1-2-20-14(19)8-9-15-10-12-11-16-18(17-12)13-6-4-3-5-7-13/h3-7,11,15H,2,8-10H2,1H3. The maximum Gasteiger partial charge on any atom is 0.307 e. The lowest BCUT2D eigenvalue weighted by molar-refractivity contribution is -0.142. The summed E-state index contributed by atoms with van der Waals surface area (Å²) < 4.78 is 4.85. The van der Waals surface area contributed by atoms with Gasteiger partial charge >= 0.3 is 5.97 Å². The van der Waals surface area contributed by atoms with E-state index in [1.165, 1.54) is 0 Å². The third-order valence-electron chi connectivity index (χ3n) is 2.64. The number of benzene rings is 1. The highest BCUT2D eigenvalue weighted by atomic mass is 16.5. The van der Waals surface area contributed by atoms with Crippen LogP contribution in [0, 0.1) is 0 Å².